The molecule has 1 aliphatic heterocycles. The number of benzene rings is 3. The summed E-state index contributed by atoms with van der Waals surface area (Å²) in [5.74, 6) is -1.52. The maximum absolute atomic E-state index is 12.9. The standard InChI is InChI=1S/C21H16F3NO5S/c22-21(23,24)30-15-9-8-14-10-11-29-19(17(14)12-15)20(26)25-31(27,28)18-7-3-5-13-4-1-2-6-16(13)18/h1-9,12,19H,10-11H2,(H,25,26). The van der Waals surface area contributed by atoms with Gasteiger partial charge >= 0.3 is 6.36 Å². The lowest BCUT2D eigenvalue weighted by Crippen LogP contribution is -2.37. The van der Waals surface area contributed by atoms with Crippen molar-refractivity contribution in [2.75, 3.05) is 6.61 Å². The van der Waals surface area contributed by atoms with E-state index in [0.29, 0.717) is 22.8 Å². The second-order valence-corrected chi connectivity index (χ2v) is 8.51. The minimum atomic E-state index is -4.90. The predicted molar refractivity (Wildman–Crippen MR) is 105 cm³/mol. The normalized spacial score (nSPS) is 16.5. The number of fused-ring (bicyclic) bond motifs is 2. The van der Waals surface area contributed by atoms with Gasteiger partial charge in [0.15, 0.2) is 6.10 Å². The van der Waals surface area contributed by atoms with Crippen molar-refractivity contribution in [3.63, 3.8) is 0 Å². The number of hydrogen-bond donors (Lipinski definition) is 1. The summed E-state index contributed by atoms with van der Waals surface area (Å²) in [5, 5.41) is 1.10. The van der Waals surface area contributed by atoms with Crippen LogP contribution < -0.4 is 9.46 Å². The smallest absolute Gasteiger partial charge is 0.406 e. The molecular weight excluding hydrogens is 435 g/mol. The Bertz CT molecular complexity index is 1250. The molecule has 4 rings (SSSR count). The van der Waals surface area contributed by atoms with Gasteiger partial charge in [-0.05, 0) is 41.1 Å². The molecule has 0 saturated carbocycles. The quantitative estimate of drug-likeness (QED) is 0.652. The van der Waals surface area contributed by atoms with Gasteiger partial charge in [0.1, 0.15) is 5.75 Å². The van der Waals surface area contributed by atoms with E-state index in [0.717, 1.165) is 12.1 Å². The number of ether oxygens (including phenoxy) is 2. The van der Waals surface area contributed by atoms with Gasteiger partial charge < -0.3 is 9.47 Å². The molecule has 1 aliphatic rings. The molecule has 1 atom stereocenters. The Balaban J connectivity index is 1.64. The largest absolute Gasteiger partial charge is 0.573 e. The summed E-state index contributed by atoms with van der Waals surface area (Å²) in [5.41, 5.74) is 0.696. The first kappa shape index (κ1) is 21.1. The van der Waals surface area contributed by atoms with E-state index in [1.165, 1.54) is 12.1 Å². The molecular formula is C21H16F3NO5S. The Morgan fingerprint density at radius 3 is 2.58 bits per heavy atom. The fourth-order valence-corrected chi connectivity index (χ4v) is 4.72. The highest BCUT2D eigenvalue weighted by molar-refractivity contribution is 7.90. The van der Waals surface area contributed by atoms with E-state index >= 15 is 0 Å². The van der Waals surface area contributed by atoms with E-state index in [9.17, 15) is 26.4 Å². The van der Waals surface area contributed by atoms with Gasteiger partial charge in [0, 0.05) is 5.39 Å². The lowest BCUT2D eigenvalue weighted by molar-refractivity contribution is -0.274. The Morgan fingerprint density at radius 2 is 1.81 bits per heavy atom. The molecule has 0 spiro atoms. The number of amides is 1. The molecule has 0 fully saturated rings. The highest BCUT2D eigenvalue weighted by Gasteiger charge is 2.34. The molecule has 31 heavy (non-hydrogen) atoms. The summed E-state index contributed by atoms with van der Waals surface area (Å²) in [6.45, 7) is 0.110. The number of carbonyl (C=O) groups excluding carboxylic acids is 1. The fourth-order valence-electron chi connectivity index (χ4n) is 3.51. The van der Waals surface area contributed by atoms with Gasteiger partial charge in [-0.2, -0.15) is 0 Å². The van der Waals surface area contributed by atoms with Crippen LogP contribution >= 0.6 is 0 Å². The van der Waals surface area contributed by atoms with E-state index in [4.69, 9.17) is 4.74 Å². The van der Waals surface area contributed by atoms with E-state index in [2.05, 4.69) is 4.74 Å². The summed E-state index contributed by atoms with van der Waals surface area (Å²) in [6, 6.07) is 15.0. The first-order chi connectivity index (χ1) is 14.6. The topological polar surface area (TPSA) is 81.7 Å². The Labute approximate surface area is 175 Å². The van der Waals surface area contributed by atoms with Crippen molar-refractivity contribution >= 4 is 26.7 Å². The highest BCUT2D eigenvalue weighted by atomic mass is 32.2. The number of nitrogens with one attached hydrogen (secondary N) is 1. The molecule has 0 saturated heterocycles. The van der Waals surface area contributed by atoms with Crippen LogP contribution in [0.4, 0.5) is 13.2 Å². The molecule has 0 aliphatic carbocycles. The third-order valence-corrected chi connectivity index (χ3v) is 6.21. The van der Waals surface area contributed by atoms with Crippen LogP contribution in [0.15, 0.2) is 65.6 Å². The summed E-state index contributed by atoms with van der Waals surface area (Å²) in [4.78, 5) is 12.7. The lowest BCUT2D eigenvalue weighted by atomic mass is 9.97. The van der Waals surface area contributed by atoms with Gasteiger partial charge in [-0.25, -0.2) is 13.1 Å². The van der Waals surface area contributed by atoms with E-state index in [1.807, 2.05) is 4.72 Å². The van der Waals surface area contributed by atoms with Gasteiger partial charge in [-0.3, -0.25) is 4.79 Å². The van der Waals surface area contributed by atoms with E-state index in [-0.39, 0.29) is 17.1 Å². The molecule has 3 aromatic carbocycles. The molecule has 0 radical (unpaired) electrons. The molecule has 1 heterocycles. The van der Waals surface area contributed by atoms with Crippen LogP contribution in [0.3, 0.4) is 0 Å². The lowest BCUT2D eigenvalue weighted by Gasteiger charge is -2.26. The van der Waals surface area contributed by atoms with Crippen LogP contribution in [-0.4, -0.2) is 27.3 Å². The van der Waals surface area contributed by atoms with Gasteiger partial charge in [0.25, 0.3) is 15.9 Å². The molecule has 10 heteroatoms. The summed E-state index contributed by atoms with van der Waals surface area (Å²) in [6.07, 6.45) is -5.94. The number of rotatable bonds is 4. The molecule has 6 nitrogen and oxygen atoms in total. The number of hydrogen-bond acceptors (Lipinski definition) is 5. The molecule has 1 unspecified atom stereocenters. The van der Waals surface area contributed by atoms with Crippen LogP contribution in [0.1, 0.15) is 17.2 Å². The fraction of sp³-hybridized carbons (Fsp3) is 0.190. The van der Waals surface area contributed by atoms with Crippen molar-refractivity contribution < 1.29 is 35.9 Å². The van der Waals surface area contributed by atoms with Crippen LogP contribution in [-0.2, 0) is 26.0 Å². The third kappa shape index (κ3) is 4.49. The number of carbonyl (C=O) groups is 1. The first-order valence-electron chi connectivity index (χ1n) is 9.19. The summed E-state index contributed by atoms with van der Waals surface area (Å²) < 4.78 is 74.8. The molecule has 1 amide bonds. The average molecular weight is 451 g/mol. The zero-order chi connectivity index (χ0) is 22.2. The van der Waals surface area contributed by atoms with Crippen LogP contribution in [0.2, 0.25) is 0 Å². The summed E-state index contributed by atoms with van der Waals surface area (Å²) >= 11 is 0. The zero-order valence-corrected chi connectivity index (χ0v) is 16.7. The Morgan fingerprint density at radius 1 is 1.06 bits per heavy atom. The number of sulfonamides is 1. The first-order valence-corrected chi connectivity index (χ1v) is 10.7. The van der Waals surface area contributed by atoms with Crippen molar-refractivity contribution in [2.45, 2.75) is 23.8 Å². The average Bonchev–Trinajstić information content (AvgIpc) is 2.71. The molecule has 1 N–H and O–H groups in total. The predicted octanol–water partition coefficient (Wildman–Crippen LogP) is 3.86. The van der Waals surface area contributed by atoms with Crippen molar-refractivity contribution in [3.05, 3.63) is 71.8 Å². The molecule has 3 aromatic rings. The van der Waals surface area contributed by atoms with Gasteiger partial charge in [-0.15, -0.1) is 13.2 Å². The van der Waals surface area contributed by atoms with E-state index < -0.39 is 34.1 Å². The monoisotopic (exact) mass is 451 g/mol. The van der Waals surface area contributed by atoms with Gasteiger partial charge in [0.05, 0.1) is 11.5 Å². The van der Waals surface area contributed by atoms with Crippen molar-refractivity contribution in [1.82, 2.24) is 4.72 Å². The minimum Gasteiger partial charge on any atom is -0.406 e. The van der Waals surface area contributed by atoms with Gasteiger partial charge in [0.2, 0.25) is 0 Å². The zero-order valence-electron chi connectivity index (χ0n) is 15.8. The van der Waals surface area contributed by atoms with E-state index in [1.54, 1.807) is 36.4 Å². The highest BCUT2D eigenvalue weighted by Crippen LogP contribution is 2.33. The molecule has 0 aromatic heterocycles. The number of halogens is 3. The SMILES string of the molecule is O=C(NS(=O)(=O)c1cccc2ccccc12)C1OCCc2ccc(OC(F)(F)F)cc21. The van der Waals surface area contributed by atoms with Crippen LogP contribution in [0.25, 0.3) is 10.8 Å². The molecule has 162 valence electrons. The third-order valence-electron chi connectivity index (χ3n) is 4.80. The molecule has 0 bridgehead atoms. The van der Waals surface area contributed by atoms with Gasteiger partial charge in [-0.1, -0.05) is 42.5 Å². The second kappa shape index (κ2) is 7.86. The second-order valence-electron chi connectivity index (χ2n) is 6.86. The van der Waals surface area contributed by atoms with Crippen LogP contribution in [0, 0.1) is 0 Å². The van der Waals surface area contributed by atoms with Crippen molar-refractivity contribution in [3.8, 4) is 5.75 Å². The maximum atomic E-state index is 12.9. The van der Waals surface area contributed by atoms with Crippen LogP contribution in [0.5, 0.6) is 5.75 Å². The van der Waals surface area contributed by atoms with Crippen molar-refractivity contribution in [1.29, 1.82) is 0 Å². The number of alkyl halides is 3. The maximum Gasteiger partial charge on any atom is 0.573 e. The van der Waals surface area contributed by atoms with Crippen molar-refractivity contribution in [2.24, 2.45) is 0 Å². The Hall–Kier alpha value is -3.11. The summed E-state index contributed by atoms with van der Waals surface area (Å²) in [7, 11) is -4.27. The Kier molecular flexibility index (Phi) is 5.36. The minimum absolute atomic E-state index is 0.0934.